The van der Waals surface area contributed by atoms with E-state index >= 15 is 0 Å². The Bertz CT molecular complexity index is 1030. The van der Waals surface area contributed by atoms with Crippen molar-refractivity contribution in [1.29, 1.82) is 0 Å². The quantitative estimate of drug-likeness (QED) is 0.524. The minimum atomic E-state index is 0.0519. The molecule has 1 fully saturated rings. The summed E-state index contributed by atoms with van der Waals surface area (Å²) >= 11 is 12.2. The van der Waals surface area contributed by atoms with Crippen LogP contribution in [0.25, 0.3) is 11.4 Å². The van der Waals surface area contributed by atoms with Crippen LogP contribution in [0.15, 0.2) is 53.1 Å². The molecule has 1 aliphatic rings. The second-order valence-corrected chi connectivity index (χ2v) is 8.71. The molecule has 0 aliphatic carbocycles. The largest absolute Gasteiger partial charge is 0.341 e. The fourth-order valence-electron chi connectivity index (χ4n) is 3.88. The fraction of sp³-hybridized carbons (Fsp3) is 0.348. The number of amides is 1. The van der Waals surface area contributed by atoms with Crippen molar-refractivity contribution in [3.05, 3.63) is 70.0 Å². The molecule has 31 heavy (non-hydrogen) atoms. The smallest absolute Gasteiger partial charge is 0.241 e. The number of carbonyl (C=O) groups excluding carboxylic acids is 1. The maximum absolute atomic E-state index is 12.8. The molecule has 0 radical (unpaired) electrons. The summed E-state index contributed by atoms with van der Waals surface area (Å²) in [6.07, 6.45) is 1.64. The third-order valence-corrected chi connectivity index (χ3v) is 6.12. The van der Waals surface area contributed by atoms with Crippen LogP contribution in [0.5, 0.6) is 0 Å². The van der Waals surface area contributed by atoms with E-state index in [0.717, 1.165) is 31.5 Å². The Kier molecular flexibility index (Phi) is 6.90. The lowest BCUT2D eigenvalue weighted by molar-refractivity contribution is -0.136. The van der Waals surface area contributed by atoms with Crippen molar-refractivity contribution in [1.82, 2.24) is 19.9 Å². The van der Waals surface area contributed by atoms with Crippen LogP contribution in [-0.4, -0.2) is 46.0 Å². The fourth-order valence-corrected chi connectivity index (χ4v) is 4.37. The van der Waals surface area contributed by atoms with Gasteiger partial charge in [-0.2, -0.15) is 4.98 Å². The summed E-state index contributed by atoms with van der Waals surface area (Å²) < 4.78 is 5.42. The standard InChI is InChI=1S/C23H24Cl2N4O2/c1-28(14-16-5-3-2-4-6-16)23(30)17-9-11-29(12-10-17)15-21-26-22(27-31-21)19-8-7-18(24)13-20(19)25/h2-8,13,17H,9-12,14-15H2,1H3. The molecule has 2 aromatic carbocycles. The van der Waals surface area contributed by atoms with Crippen molar-refractivity contribution in [3.63, 3.8) is 0 Å². The Morgan fingerprint density at radius 2 is 1.90 bits per heavy atom. The number of rotatable bonds is 6. The van der Waals surface area contributed by atoms with Crippen molar-refractivity contribution in [2.24, 2.45) is 5.92 Å². The molecule has 3 aromatic rings. The van der Waals surface area contributed by atoms with E-state index in [1.807, 2.05) is 42.3 Å². The molecule has 0 unspecified atom stereocenters. The first-order chi connectivity index (χ1) is 15.0. The van der Waals surface area contributed by atoms with E-state index in [9.17, 15) is 4.79 Å². The highest BCUT2D eigenvalue weighted by Gasteiger charge is 2.28. The van der Waals surface area contributed by atoms with Gasteiger partial charge in [0.25, 0.3) is 0 Å². The summed E-state index contributed by atoms with van der Waals surface area (Å²) in [5.74, 6) is 1.24. The Balaban J connectivity index is 1.29. The summed E-state index contributed by atoms with van der Waals surface area (Å²) in [6.45, 7) is 2.82. The van der Waals surface area contributed by atoms with Gasteiger partial charge in [0.2, 0.25) is 17.6 Å². The topological polar surface area (TPSA) is 62.5 Å². The summed E-state index contributed by atoms with van der Waals surface area (Å²) in [4.78, 5) is 21.4. The number of carbonyl (C=O) groups is 1. The van der Waals surface area contributed by atoms with Crippen LogP contribution in [0.2, 0.25) is 10.0 Å². The molecule has 1 amide bonds. The molecular formula is C23H24Cl2N4O2. The first-order valence-electron chi connectivity index (χ1n) is 10.3. The lowest BCUT2D eigenvalue weighted by atomic mass is 9.95. The van der Waals surface area contributed by atoms with Gasteiger partial charge >= 0.3 is 0 Å². The van der Waals surface area contributed by atoms with Gasteiger partial charge in [0.15, 0.2) is 0 Å². The number of piperidine rings is 1. The van der Waals surface area contributed by atoms with Gasteiger partial charge in [-0.1, -0.05) is 58.7 Å². The van der Waals surface area contributed by atoms with Gasteiger partial charge in [-0.15, -0.1) is 0 Å². The molecule has 0 bridgehead atoms. The van der Waals surface area contributed by atoms with Crippen molar-refractivity contribution >= 4 is 29.1 Å². The van der Waals surface area contributed by atoms with Gasteiger partial charge in [-0.3, -0.25) is 9.69 Å². The molecule has 2 heterocycles. The zero-order valence-electron chi connectivity index (χ0n) is 17.3. The molecule has 1 aliphatic heterocycles. The first-order valence-corrected chi connectivity index (χ1v) is 11.0. The van der Waals surface area contributed by atoms with Gasteiger partial charge in [-0.05, 0) is 49.7 Å². The number of aromatic nitrogens is 2. The van der Waals surface area contributed by atoms with Crippen molar-refractivity contribution < 1.29 is 9.32 Å². The second kappa shape index (κ2) is 9.81. The van der Waals surface area contributed by atoms with Crippen LogP contribution in [0.1, 0.15) is 24.3 Å². The van der Waals surface area contributed by atoms with E-state index < -0.39 is 0 Å². The van der Waals surface area contributed by atoms with Crippen LogP contribution in [-0.2, 0) is 17.9 Å². The van der Waals surface area contributed by atoms with Crippen LogP contribution in [0.4, 0.5) is 0 Å². The summed E-state index contributed by atoms with van der Waals surface area (Å²) in [5.41, 5.74) is 1.83. The average Bonchev–Trinajstić information content (AvgIpc) is 3.22. The molecule has 1 aromatic heterocycles. The zero-order valence-corrected chi connectivity index (χ0v) is 18.8. The molecule has 8 heteroatoms. The SMILES string of the molecule is CN(Cc1ccccc1)C(=O)C1CCN(Cc2nc(-c3ccc(Cl)cc3Cl)no2)CC1. The number of likely N-dealkylation sites (tertiary alicyclic amines) is 1. The predicted molar refractivity (Wildman–Crippen MR) is 121 cm³/mol. The maximum atomic E-state index is 12.8. The second-order valence-electron chi connectivity index (χ2n) is 7.87. The van der Waals surface area contributed by atoms with Crippen LogP contribution in [0.3, 0.4) is 0 Å². The highest BCUT2D eigenvalue weighted by molar-refractivity contribution is 6.36. The lowest BCUT2D eigenvalue weighted by Gasteiger charge is -2.32. The van der Waals surface area contributed by atoms with Gasteiger partial charge in [0, 0.05) is 30.1 Å². The number of hydrogen-bond acceptors (Lipinski definition) is 5. The normalized spacial score (nSPS) is 15.2. The predicted octanol–water partition coefficient (Wildman–Crippen LogP) is 4.91. The van der Waals surface area contributed by atoms with Crippen molar-refractivity contribution in [3.8, 4) is 11.4 Å². The van der Waals surface area contributed by atoms with Crippen LogP contribution < -0.4 is 0 Å². The third kappa shape index (κ3) is 5.45. The highest BCUT2D eigenvalue weighted by Crippen LogP contribution is 2.29. The Hall–Kier alpha value is -2.41. The molecule has 4 rings (SSSR count). The van der Waals surface area contributed by atoms with Crippen LogP contribution in [0, 0.1) is 5.92 Å². The molecule has 6 nitrogen and oxygen atoms in total. The number of nitrogens with zero attached hydrogens (tertiary/aromatic N) is 4. The van der Waals surface area contributed by atoms with E-state index in [2.05, 4.69) is 15.0 Å². The molecule has 0 spiro atoms. The number of hydrogen-bond donors (Lipinski definition) is 0. The van der Waals surface area contributed by atoms with E-state index in [0.29, 0.717) is 40.4 Å². The molecule has 1 saturated heterocycles. The Labute approximate surface area is 191 Å². The van der Waals surface area contributed by atoms with Gasteiger partial charge < -0.3 is 9.42 Å². The van der Waals surface area contributed by atoms with Crippen molar-refractivity contribution in [2.75, 3.05) is 20.1 Å². The highest BCUT2D eigenvalue weighted by atomic mass is 35.5. The summed E-state index contributed by atoms with van der Waals surface area (Å²) in [7, 11) is 1.88. The molecular weight excluding hydrogens is 435 g/mol. The van der Waals surface area contributed by atoms with Gasteiger partial charge in [-0.25, -0.2) is 0 Å². The zero-order chi connectivity index (χ0) is 21.8. The third-order valence-electron chi connectivity index (χ3n) is 5.57. The van der Waals surface area contributed by atoms with Gasteiger partial charge in [0.1, 0.15) is 0 Å². The van der Waals surface area contributed by atoms with Crippen molar-refractivity contribution in [2.45, 2.75) is 25.9 Å². The number of benzene rings is 2. The number of halogens is 2. The Morgan fingerprint density at radius 3 is 2.61 bits per heavy atom. The first kappa shape index (κ1) is 21.8. The maximum Gasteiger partial charge on any atom is 0.241 e. The molecule has 0 saturated carbocycles. The van der Waals surface area contributed by atoms with E-state index in [1.165, 1.54) is 0 Å². The minimum absolute atomic E-state index is 0.0519. The Morgan fingerprint density at radius 1 is 1.16 bits per heavy atom. The van der Waals surface area contributed by atoms with Gasteiger partial charge in [0.05, 0.1) is 11.6 Å². The molecule has 0 N–H and O–H groups in total. The van der Waals surface area contributed by atoms with E-state index in [-0.39, 0.29) is 11.8 Å². The average molecular weight is 459 g/mol. The summed E-state index contributed by atoms with van der Waals surface area (Å²) in [5, 5.41) is 5.09. The van der Waals surface area contributed by atoms with E-state index in [1.54, 1.807) is 18.2 Å². The monoisotopic (exact) mass is 458 g/mol. The molecule has 162 valence electrons. The molecule has 0 atom stereocenters. The van der Waals surface area contributed by atoms with Crippen LogP contribution >= 0.6 is 23.2 Å². The summed E-state index contributed by atoms with van der Waals surface area (Å²) in [6, 6.07) is 15.2. The lowest BCUT2D eigenvalue weighted by Crippen LogP contribution is -2.40. The minimum Gasteiger partial charge on any atom is -0.341 e. The van der Waals surface area contributed by atoms with E-state index in [4.69, 9.17) is 27.7 Å².